The zero-order valence-corrected chi connectivity index (χ0v) is 12.5. The van der Waals surface area contributed by atoms with Gasteiger partial charge in [-0.05, 0) is 23.8 Å². The van der Waals surface area contributed by atoms with Crippen LogP contribution in [0.2, 0.25) is 0 Å². The quantitative estimate of drug-likeness (QED) is 0.863. The second-order valence-electron chi connectivity index (χ2n) is 4.26. The highest BCUT2D eigenvalue weighted by Crippen LogP contribution is 2.20. The molecule has 1 heterocycles. The van der Waals surface area contributed by atoms with E-state index >= 15 is 0 Å². The minimum Gasteiger partial charge on any atom is -0.497 e. The molecule has 2 aromatic rings. The van der Waals surface area contributed by atoms with Gasteiger partial charge in [-0.3, -0.25) is 4.79 Å². The second kappa shape index (κ2) is 6.90. The first-order valence-corrected chi connectivity index (χ1v) is 7.10. The molecule has 2 rings (SSSR count). The number of carbonyl (C=O) groups is 2. The number of esters is 1. The smallest absolute Gasteiger partial charge is 0.348 e. The van der Waals surface area contributed by atoms with Crippen molar-refractivity contribution in [3.63, 3.8) is 0 Å². The molecular formula is C15H15NO4S. The zero-order valence-electron chi connectivity index (χ0n) is 11.7. The van der Waals surface area contributed by atoms with Crippen molar-refractivity contribution in [3.8, 4) is 5.75 Å². The number of thiophene rings is 1. The fraction of sp³-hybridized carbons (Fsp3) is 0.200. The predicted molar refractivity (Wildman–Crippen MR) is 81.0 cm³/mol. The van der Waals surface area contributed by atoms with Crippen LogP contribution in [0.5, 0.6) is 5.75 Å². The van der Waals surface area contributed by atoms with E-state index in [-0.39, 0.29) is 12.3 Å². The van der Waals surface area contributed by atoms with E-state index in [1.165, 1.54) is 18.4 Å². The number of hydrogen-bond donors (Lipinski definition) is 1. The molecule has 6 heteroatoms. The molecule has 110 valence electrons. The third-order valence-electron chi connectivity index (χ3n) is 2.79. The first-order chi connectivity index (χ1) is 10.1. The van der Waals surface area contributed by atoms with E-state index in [2.05, 4.69) is 10.1 Å². The summed E-state index contributed by atoms with van der Waals surface area (Å²) in [6, 6.07) is 8.89. The number of hydrogen-bond acceptors (Lipinski definition) is 5. The van der Waals surface area contributed by atoms with Gasteiger partial charge in [0.15, 0.2) is 0 Å². The predicted octanol–water partition coefficient (Wildman–Crippen LogP) is 2.72. The Morgan fingerprint density at radius 1 is 1.19 bits per heavy atom. The molecule has 0 saturated carbocycles. The van der Waals surface area contributed by atoms with Crippen molar-refractivity contribution < 1.29 is 19.1 Å². The van der Waals surface area contributed by atoms with Gasteiger partial charge in [-0.1, -0.05) is 12.1 Å². The highest BCUT2D eigenvalue weighted by atomic mass is 32.1. The summed E-state index contributed by atoms with van der Waals surface area (Å²) in [4.78, 5) is 23.7. The van der Waals surface area contributed by atoms with Gasteiger partial charge in [-0.25, -0.2) is 4.79 Å². The Hall–Kier alpha value is -2.34. The highest BCUT2D eigenvalue weighted by Gasteiger charge is 2.11. The van der Waals surface area contributed by atoms with E-state index in [1.807, 2.05) is 24.3 Å². The molecule has 0 fully saturated rings. The van der Waals surface area contributed by atoms with Gasteiger partial charge in [0.1, 0.15) is 10.6 Å². The maximum absolute atomic E-state index is 11.9. The Balaban J connectivity index is 1.94. The van der Waals surface area contributed by atoms with Crippen LogP contribution in [0.25, 0.3) is 0 Å². The normalized spacial score (nSPS) is 10.0. The lowest BCUT2D eigenvalue weighted by molar-refractivity contribution is -0.115. The number of methoxy groups -OCH3 is 2. The molecular weight excluding hydrogens is 290 g/mol. The van der Waals surface area contributed by atoms with Crippen LogP contribution in [-0.4, -0.2) is 26.1 Å². The van der Waals surface area contributed by atoms with Gasteiger partial charge in [0.25, 0.3) is 0 Å². The molecule has 1 N–H and O–H groups in total. The largest absolute Gasteiger partial charge is 0.497 e. The van der Waals surface area contributed by atoms with Crippen molar-refractivity contribution in [2.45, 2.75) is 6.42 Å². The number of amides is 1. The van der Waals surface area contributed by atoms with E-state index in [1.54, 1.807) is 18.6 Å². The molecule has 0 saturated heterocycles. The van der Waals surface area contributed by atoms with Gasteiger partial charge in [-0.2, -0.15) is 0 Å². The monoisotopic (exact) mass is 305 g/mol. The number of anilines is 1. The van der Waals surface area contributed by atoms with E-state index < -0.39 is 5.97 Å². The molecule has 1 aromatic heterocycles. The average molecular weight is 305 g/mol. The van der Waals surface area contributed by atoms with Crippen LogP contribution >= 0.6 is 11.3 Å². The Morgan fingerprint density at radius 3 is 2.52 bits per heavy atom. The SMILES string of the molecule is COC(=O)c1cc(NC(=O)Cc2ccc(OC)cc2)cs1. The maximum Gasteiger partial charge on any atom is 0.348 e. The second-order valence-corrected chi connectivity index (χ2v) is 5.18. The molecule has 21 heavy (non-hydrogen) atoms. The fourth-order valence-electron chi connectivity index (χ4n) is 1.74. The van der Waals surface area contributed by atoms with Crippen molar-refractivity contribution >= 4 is 28.9 Å². The summed E-state index contributed by atoms with van der Waals surface area (Å²) >= 11 is 1.23. The van der Waals surface area contributed by atoms with Crippen molar-refractivity contribution in [3.05, 3.63) is 46.2 Å². The van der Waals surface area contributed by atoms with Gasteiger partial charge >= 0.3 is 5.97 Å². The minimum absolute atomic E-state index is 0.144. The molecule has 0 aliphatic heterocycles. The van der Waals surface area contributed by atoms with Crippen LogP contribution in [0.1, 0.15) is 15.2 Å². The van der Waals surface area contributed by atoms with Gasteiger partial charge in [-0.15, -0.1) is 11.3 Å². The van der Waals surface area contributed by atoms with Crippen LogP contribution in [0.15, 0.2) is 35.7 Å². The van der Waals surface area contributed by atoms with E-state index in [0.717, 1.165) is 11.3 Å². The summed E-state index contributed by atoms with van der Waals surface area (Å²) in [5.74, 6) is 0.199. The van der Waals surface area contributed by atoms with Crippen LogP contribution in [0.4, 0.5) is 5.69 Å². The molecule has 0 radical (unpaired) electrons. The van der Waals surface area contributed by atoms with Gasteiger partial charge in [0, 0.05) is 5.38 Å². The lowest BCUT2D eigenvalue weighted by Gasteiger charge is -2.04. The Labute approximate surface area is 126 Å². The molecule has 1 amide bonds. The van der Waals surface area contributed by atoms with Crippen molar-refractivity contribution in [1.29, 1.82) is 0 Å². The summed E-state index contributed by atoms with van der Waals surface area (Å²) in [6.07, 6.45) is 0.257. The van der Waals surface area contributed by atoms with Crippen molar-refractivity contribution in [1.82, 2.24) is 0 Å². The van der Waals surface area contributed by atoms with Crippen LogP contribution < -0.4 is 10.1 Å². The summed E-state index contributed by atoms with van der Waals surface area (Å²) in [5, 5.41) is 4.46. The number of rotatable bonds is 5. The molecule has 5 nitrogen and oxygen atoms in total. The van der Waals surface area contributed by atoms with Gasteiger partial charge in [0.2, 0.25) is 5.91 Å². The Morgan fingerprint density at radius 2 is 1.90 bits per heavy atom. The lowest BCUT2D eigenvalue weighted by atomic mass is 10.1. The third-order valence-corrected chi connectivity index (χ3v) is 3.70. The molecule has 0 spiro atoms. The zero-order chi connectivity index (χ0) is 15.2. The van der Waals surface area contributed by atoms with Crippen LogP contribution in [-0.2, 0) is 16.0 Å². The summed E-state index contributed by atoms with van der Waals surface area (Å²) in [7, 11) is 2.92. The number of benzene rings is 1. The first kappa shape index (κ1) is 15.1. The summed E-state index contributed by atoms with van der Waals surface area (Å²) in [5.41, 5.74) is 1.48. The molecule has 0 atom stereocenters. The van der Waals surface area contributed by atoms with Crippen LogP contribution in [0.3, 0.4) is 0 Å². The lowest BCUT2D eigenvalue weighted by Crippen LogP contribution is -2.13. The standard InChI is InChI=1S/C15H15NO4S/c1-19-12-5-3-10(4-6-12)7-14(17)16-11-8-13(21-9-11)15(18)20-2/h3-6,8-9H,7H2,1-2H3,(H,16,17). The van der Waals surface area contributed by atoms with Crippen molar-refractivity contribution in [2.75, 3.05) is 19.5 Å². The molecule has 0 bridgehead atoms. The Bertz CT molecular complexity index is 633. The van der Waals surface area contributed by atoms with Crippen molar-refractivity contribution in [2.24, 2.45) is 0 Å². The Kier molecular flexibility index (Phi) is 4.94. The minimum atomic E-state index is -0.407. The number of carbonyl (C=O) groups excluding carboxylic acids is 2. The highest BCUT2D eigenvalue weighted by molar-refractivity contribution is 7.12. The van der Waals surface area contributed by atoms with Crippen LogP contribution in [0, 0.1) is 0 Å². The van der Waals surface area contributed by atoms with E-state index in [0.29, 0.717) is 10.6 Å². The van der Waals surface area contributed by atoms with Gasteiger partial charge in [0.05, 0.1) is 26.3 Å². The average Bonchev–Trinajstić information content (AvgIpc) is 2.95. The fourth-order valence-corrected chi connectivity index (χ4v) is 2.50. The maximum atomic E-state index is 11.9. The first-order valence-electron chi connectivity index (χ1n) is 6.22. The summed E-state index contributed by atoms with van der Waals surface area (Å²) in [6.45, 7) is 0. The topological polar surface area (TPSA) is 64.6 Å². The van der Waals surface area contributed by atoms with Gasteiger partial charge < -0.3 is 14.8 Å². The summed E-state index contributed by atoms with van der Waals surface area (Å²) < 4.78 is 9.68. The molecule has 0 aliphatic carbocycles. The molecule has 0 unspecified atom stereocenters. The number of ether oxygens (including phenoxy) is 2. The molecule has 1 aromatic carbocycles. The number of nitrogens with one attached hydrogen (secondary N) is 1. The van der Waals surface area contributed by atoms with E-state index in [4.69, 9.17) is 4.74 Å². The third kappa shape index (κ3) is 4.06. The van der Waals surface area contributed by atoms with E-state index in [9.17, 15) is 9.59 Å². The molecule has 0 aliphatic rings.